The highest BCUT2D eigenvalue weighted by molar-refractivity contribution is 5.90. The Bertz CT molecular complexity index is 1180. The predicted octanol–water partition coefficient (Wildman–Crippen LogP) is 3.57. The quantitative estimate of drug-likeness (QED) is 0.616. The third-order valence-corrected chi connectivity index (χ3v) is 4.95. The molecule has 2 aromatic carbocycles. The zero-order valence-electron chi connectivity index (χ0n) is 16.6. The maximum atomic E-state index is 13.1. The van der Waals surface area contributed by atoms with Crippen molar-refractivity contribution in [2.45, 2.75) is 0 Å². The molecule has 150 valence electrons. The number of hydrogen-bond acceptors (Lipinski definition) is 6. The van der Waals surface area contributed by atoms with Gasteiger partial charge in [0.15, 0.2) is 23.0 Å². The van der Waals surface area contributed by atoms with E-state index >= 15 is 0 Å². The number of methoxy groups -OCH3 is 3. The molecule has 1 aromatic heterocycles. The minimum absolute atomic E-state index is 0.141. The largest absolute Gasteiger partial charge is 0.504 e. The molecule has 2 heterocycles. The molecule has 7 heteroatoms. The number of fused-ring (bicyclic) bond motifs is 2. The minimum atomic E-state index is -0.141. The van der Waals surface area contributed by atoms with Crippen LogP contribution in [0.15, 0.2) is 41.4 Å². The van der Waals surface area contributed by atoms with E-state index in [1.54, 1.807) is 51.3 Å². The first-order valence-corrected chi connectivity index (χ1v) is 8.96. The lowest BCUT2D eigenvalue weighted by Gasteiger charge is -2.15. The molecule has 0 atom stereocenters. The monoisotopic (exact) mass is 395 g/mol. The van der Waals surface area contributed by atoms with Gasteiger partial charge in [-0.15, -0.1) is 0 Å². The number of nitrogens with zero attached hydrogens (tertiary/aromatic N) is 1. The molecule has 1 aliphatic rings. The third-order valence-electron chi connectivity index (χ3n) is 4.95. The van der Waals surface area contributed by atoms with Crippen LogP contribution in [0.3, 0.4) is 0 Å². The molecule has 0 fully saturated rings. The van der Waals surface area contributed by atoms with E-state index in [-0.39, 0.29) is 12.4 Å². The van der Waals surface area contributed by atoms with Crippen molar-refractivity contribution >= 4 is 16.8 Å². The summed E-state index contributed by atoms with van der Waals surface area (Å²) in [5.41, 5.74) is 2.24. The number of ether oxygens (including phenoxy) is 5. The molecule has 0 aliphatic carbocycles. The van der Waals surface area contributed by atoms with Crippen LogP contribution in [0.2, 0.25) is 0 Å². The van der Waals surface area contributed by atoms with Crippen molar-refractivity contribution in [2.75, 3.05) is 28.1 Å². The highest BCUT2D eigenvalue weighted by Crippen LogP contribution is 2.40. The first-order chi connectivity index (χ1) is 14.1. The maximum absolute atomic E-state index is 13.1. The Balaban J connectivity index is 2.00. The molecule has 1 aliphatic heterocycles. The van der Waals surface area contributed by atoms with Gasteiger partial charge in [-0.05, 0) is 47.4 Å². The topological polar surface area (TPSA) is 68.2 Å². The molecule has 7 nitrogen and oxygen atoms in total. The Morgan fingerprint density at radius 2 is 1.66 bits per heavy atom. The molecule has 0 saturated heterocycles. The van der Waals surface area contributed by atoms with Crippen LogP contribution in [-0.4, -0.2) is 32.7 Å². The summed E-state index contributed by atoms with van der Waals surface area (Å²) in [7, 11) is 6.43. The first-order valence-electron chi connectivity index (χ1n) is 8.96. The summed E-state index contributed by atoms with van der Waals surface area (Å²) in [6.07, 6.45) is 3.40. The zero-order chi connectivity index (χ0) is 20.5. The Morgan fingerprint density at radius 1 is 0.966 bits per heavy atom. The fourth-order valence-corrected chi connectivity index (χ4v) is 3.45. The second-order valence-electron chi connectivity index (χ2n) is 6.52. The van der Waals surface area contributed by atoms with Gasteiger partial charge >= 0.3 is 0 Å². The van der Waals surface area contributed by atoms with E-state index in [9.17, 15) is 4.79 Å². The molecule has 0 bridgehead atoms. The molecule has 3 aromatic rings. The number of hydrogen-bond donors (Lipinski definition) is 0. The lowest BCUT2D eigenvalue weighted by molar-refractivity contribution is 0.174. The Kier molecular flexibility index (Phi) is 4.80. The highest BCUT2D eigenvalue weighted by Gasteiger charge is 2.20. The summed E-state index contributed by atoms with van der Waals surface area (Å²) in [5.74, 6) is 2.36. The van der Waals surface area contributed by atoms with E-state index in [0.29, 0.717) is 28.4 Å². The minimum Gasteiger partial charge on any atom is -0.504 e. The smallest absolute Gasteiger partial charge is 0.258 e. The predicted molar refractivity (Wildman–Crippen MR) is 110 cm³/mol. The van der Waals surface area contributed by atoms with Gasteiger partial charge in [0.1, 0.15) is 0 Å². The summed E-state index contributed by atoms with van der Waals surface area (Å²) in [4.78, 5) is 13.1. The number of rotatable bonds is 5. The average Bonchev–Trinajstić information content (AvgIpc) is 3.20. The molecule has 4 rings (SSSR count). The SMILES string of the molecule is CO/C=C/c1cc2c(cc1-c1cc3cc(OC)c(OC)cc3c(=O)n1C)OCO2. The van der Waals surface area contributed by atoms with Crippen LogP contribution in [-0.2, 0) is 11.8 Å². The van der Waals surface area contributed by atoms with Gasteiger partial charge in [0, 0.05) is 12.6 Å². The van der Waals surface area contributed by atoms with Gasteiger partial charge in [0.25, 0.3) is 5.56 Å². The van der Waals surface area contributed by atoms with E-state index in [1.165, 1.54) is 0 Å². The molecular formula is C22H21NO6. The van der Waals surface area contributed by atoms with Crippen LogP contribution < -0.4 is 24.5 Å². The van der Waals surface area contributed by atoms with Crippen molar-refractivity contribution in [3.05, 3.63) is 52.5 Å². The summed E-state index contributed by atoms with van der Waals surface area (Å²) < 4.78 is 28.5. The van der Waals surface area contributed by atoms with E-state index < -0.39 is 0 Å². The fraction of sp³-hybridized carbons (Fsp3) is 0.227. The van der Waals surface area contributed by atoms with Gasteiger partial charge in [-0.25, -0.2) is 0 Å². The second-order valence-corrected chi connectivity index (χ2v) is 6.52. The van der Waals surface area contributed by atoms with Gasteiger partial charge < -0.3 is 28.3 Å². The van der Waals surface area contributed by atoms with Crippen LogP contribution in [0.5, 0.6) is 23.0 Å². The standard InChI is InChI=1S/C22H21NO6/c1-23-17(7-14-9-18(26-3)19(27-4)11-16(14)22(23)24)15-10-21-20(28-12-29-21)8-13(15)5-6-25-2/h5-11H,12H2,1-4H3/b6-5+. The van der Waals surface area contributed by atoms with Gasteiger partial charge in [-0.2, -0.15) is 0 Å². The van der Waals surface area contributed by atoms with E-state index in [4.69, 9.17) is 23.7 Å². The van der Waals surface area contributed by atoms with Crippen molar-refractivity contribution in [1.82, 2.24) is 4.57 Å². The van der Waals surface area contributed by atoms with E-state index in [1.807, 2.05) is 24.3 Å². The van der Waals surface area contributed by atoms with Crippen molar-refractivity contribution < 1.29 is 23.7 Å². The Labute approximate surface area is 167 Å². The van der Waals surface area contributed by atoms with Crippen LogP contribution in [0.4, 0.5) is 0 Å². The first kappa shape index (κ1) is 18.7. The summed E-state index contributed by atoms with van der Waals surface area (Å²) in [6, 6.07) is 9.19. The molecule has 0 spiro atoms. The summed E-state index contributed by atoms with van der Waals surface area (Å²) in [6.45, 7) is 0.167. The molecule has 0 saturated carbocycles. The van der Waals surface area contributed by atoms with Crippen molar-refractivity contribution in [3.63, 3.8) is 0 Å². The Hall–Kier alpha value is -3.61. The molecule has 0 radical (unpaired) electrons. The third kappa shape index (κ3) is 3.14. The number of benzene rings is 2. The van der Waals surface area contributed by atoms with Crippen LogP contribution >= 0.6 is 0 Å². The van der Waals surface area contributed by atoms with Crippen molar-refractivity contribution in [2.24, 2.45) is 7.05 Å². The molecular weight excluding hydrogens is 374 g/mol. The van der Waals surface area contributed by atoms with Gasteiger partial charge in [-0.1, -0.05) is 0 Å². The number of aromatic nitrogens is 1. The van der Waals surface area contributed by atoms with Gasteiger partial charge in [0.05, 0.1) is 38.7 Å². The fourth-order valence-electron chi connectivity index (χ4n) is 3.45. The van der Waals surface area contributed by atoms with Crippen LogP contribution in [0, 0.1) is 0 Å². The second kappa shape index (κ2) is 7.43. The number of pyridine rings is 1. The van der Waals surface area contributed by atoms with E-state index in [2.05, 4.69) is 0 Å². The average molecular weight is 395 g/mol. The maximum Gasteiger partial charge on any atom is 0.258 e. The zero-order valence-corrected chi connectivity index (χ0v) is 16.6. The van der Waals surface area contributed by atoms with Crippen LogP contribution in [0.1, 0.15) is 5.56 Å². The van der Waals surface area contributed by atoms with Crippen LogP contribution in [0.25, 0.3) is 28.1 Å². The van der Waals surface area contributed by atoms with Gasteiger partial charge in [0.2, 0.25) is 6.79 Å². The normalized spacial score (nSPS) is 12.6. The lowest BCUT2D eigenvalue weighted by Crippen LogP contribution is -2.19. The molecule has 0 N–H and O–H groups in total. The molecule has 29 heavy (non-hydrogen) atoms. The molecule has 0 amide bonds. The summed E-state index contributed by atoms with van der Waals surface area (Å²) >= 11 is 0. The van der Waals surface area contributed by atoms with E-state index in [0.717, 1.165) is 22.2 Å². The van der Waals surface area contributed by atoms with Crippen molar-refractivity contribution in [3.8, 4) is 34.3 Å². The highest BCUT2D eigenvalue weighted by atomic mass is 16.7. The Morgan fingerprint density at radius 3 is 2.34 bits per heavy atom. The van der Waals surface area contributed by atoms with Crippen molar-refractivity contribution in [1.29, 1.82) is 0 Å². The van der Waals surface area contributed by atoms with Gasteiger partial charge in [-0.3, -0.25) is 4.79 Å². The summed E-state index contributed by atoms with van der Waals surface area (Å²) in [5, 5.41) is 1.30. The lowest BCUT2D eigenvalue weighted by atomic mass is 10.00. The molecule has 0 unspecified atom stereocenters.